The van der Waals surface area contributed by atoms with Gasteiger partial charge >= 0.3 is 0 Å². The molecule has 11 heteroatoms. The van der Waals surface area contributed by atoms with Crippen molar-refractivity contribution in [3.8, 4) is 5.75 Å². The molecular weight excluding hydrogens is 455 g/mol. The topological polar surface area (TPSA) is 88.2 Å². The minimum absolute atomic E-state index is 0.199. The van der Waals surface area contributed by atoms with Crippen molar-refractivity contribution in [3.63, 3.8) is 0 Å². The lowest BCUT2D eigenvalue weighted by atomic mass is 9.76. The van der Waals surface area contributed by atoms with Crippen molar-refractivity contribution in [2.75, 3.05) is 26.3 Å². The second-order valence-electron chi connectivity index (χ2n) is 9.88. The molecule has 0 radical (unpaired) electrons. The summed E-state index contributed by atoms with van der Waals surface area (Å²) in [5, 5.41) is 2.35. The number of carbonyl (C=O) groups excluding carboxylic acids is 3. The molecule has 3 unspecified atom stereocenters. The van der Waals surface area contributed by atoms with Crippen LogP contribution in [0.25, 0.3) is 0 Å². The Morgan fingerprint density at radius 1 is 1.08 bits per heavy atom. The van der Waals surface area contributed by atoms with Gasteiger partial charge in [-0.3, -0.25) is 24.6 Å². The highest BCUT2D eigenvalue weighted by Crippen LogP contribution is 2.35. The Balaban J connectivity index is 1.31. The molecule has 2 aromatic rings. The molecule has 8 nitrogen and oxygen atoms in total. The van der Waals surface area contributed by atoms with Gasteiger partial charge in [0.2, 0.25) is 11.8 Å². The number of imide groups is 1. The van der Waals surface area contributed by atoms with E-state index in [1.807, 2.05) is 20.0 Å². The third-order valence-electron chi connectivity index (χ3n) is 7.65. The molecule has 3 heterocycles. The van der Waals surface area contributed by atoms with Gasteiger partial charge in [-0.05, 0) is 29.7 Å². The molecule has 0 saturated carbocycles. The first-order chi connectivity index (χ1) is 17.3. The minimum Gasteiger partial charge on any atom is -0.495 e. The average molecular weight is 485 g/mol. The monoisotopic (exact) mass is 485 g/mol. The van der Waals surface area contributed by atoms with Crippen LogP contribution in [-0.2, 0) is 20.9 Å². The van der Waals surface area contributed by atoms with Gasteiger partial charge in [0, 0.05) is 36.6 Å². The minimum atomic E-state index is -0.642. The lowest BCUT2D eigenvalue weighted by molar-refractivity contribution is -0.136. The maximum Gasteiger partial charge on any atom is 0.255 e. The maximum absolute atomic E-state index is 13.1. The number of morpholine rings is 1. The standard InChI is InChI=1S/C25H30B3N3O5/c26-18-12-14(4-5-16(18)22(27)30-8-10-35-11-9-30)23(28)36-20-3-1-2-15-17(20)13-31(25(15)34)19-6-7-21(32)29-24(19)33/h1-5,12,19,22-23H,6-11,13,26-28H2,(H,29,32,33). The Hall–Kier alpha value is -3.04. The molecule has 2 saturated heterocycles. The second kappa shape index (κ2) is 10.1. The van der Waals surface area contributed by atoms with Crippen molar-refractivity contribution >= 4 is 46.7 Å². The smallest absolute Gasteiger partial charge is 0.255 e. The van der Waals surface area contributed by atoms with Gasteiger partial charge in [-0.1, -0.05) is 29.7 Å². The van der Waals surface area contributed by atoms with E-state index in [-0.39, 0.29) is 24.2 Å². The highest BCUT2D eigenvalue weighted by Gasteiger charge is 2.40. The lowest BCUT2D eigenvalue weighted by Crippen LogP contribution is -2.52. The highest BCUT2D eigenvalue weighted by molar-refractivity contribution is 6.34. The van der Waals surface area contributed by atoms with Crippen molar-refractivity contribution in [1.82, 2.24) is 15.1 Å². The lowest BCUT2D eigenvalue weighted by Gasteiger charge is -2.34. The van der Waals surface area contributed by atoms with Crippen LogP contribution in [0.1, 0.15) is 51.8 Å². The molecule has 2 fully saturated rings. The van der Waals surface area contributed by atoms with Gasteiger partial charge in [0.05, 0.1) is 25.8 Å². The van der Waals surface area contributed by atoms with Crippen LogP contribution in [0.3, 0.4) is 0 Å². The number of fused-ring (bicyclic) bond motifs is 1. The van der Waals surface area contributed by atoms with Crippen LogP contribution >= 0.6 is 0 Å². The normalized spacial score (nSPS) is 22.2. The fourth-order valence-electron chi connectivity index (χ4n) is 5.51. The van der Waals surface area contributed by atoms with E-state index in [2.05, 4.69) is 44.1 Å². The zero-order valence-corrected chi connectivity index (χ0v) is 21.1. The summed E-state index contributed by atoms with van der Waals surface area (Å²) in [4.78, 5) is 41.0. The fraction of sp³-hybridized carbons (Fsp3) is 0.400. The molecule has 5 rings (SSSR count). The van der Waals surface area contributed by atoms with Crippen molar-refractivity contribution < 1.29 is 23.9 Å². The van der Waals surface area contributed by atoms with Crippen molar-refractivity contribution in [2.45, 2.75) is 37.4 Å². The summed E-state index contributed by atoms with van der Waals surface area (Å²) in [7, 11) is 6.39. The molecule has 3 atom stereocenters. The summed E-state index contributed by atoms with van der Waals surface area (Å²) in [5.74, 6) is 0.0614. The zero-order valence-electron chi connectivity index (χ0n) is 21.1. The summed E-state index contributed by atoms with van der Waals surface area (Å²) in [6, 6.07) is 11.1. The number of nitrogens with one attached hydrogen (secondary N) is 1. The number of piperidine rings is 1. The molecule has 0 bridgehead atoms. The van der Waals surface area contributed by atoms with Crippen LogP contribution in [0, 0.1) is 0 Å². The Bertz CT molecular complexity index is 1200. The van der Waals surface area contributed by atoms with Gasteiger partial charge < -0.3 is 14.4 Å². The zero-order chi connectivity index (χ0) is 25.4. The molecule has 0 aliphatic carbocycles. The summed E-state index contributed by atoms with van der Waals surface area (Å²) in [6.07, 6.45) is 0.571. The van der Waals surface area contributed by atoms with E-state index in [4.69, 9.17) is 9.47 Å². The van der Waals surface area contributed by atoms with Crippen LogP contribution < -0.4 is 15.5 Å². The number of benzene rings is 2. The predicted octanol–water partition coefficient (Wildman–Crippen LogP) is -1.62. The van der Waals surface area contributed by atoms with Gasteiger partial charge in [0.25, 0.3) is 5.91 Å². The molecule has 0 aromatic heterocycles. The molecule has 0 spiro atoms. The number of hydrogen-bond donors (Lipinski definition) is 1. The van der Waals surface area contributed by atoms with Crippen LogP contribution in [-0.4, -0.2) is 83.4 Å². The molecule has 3 aliphatic heterocycles. The number of amides is 3. The Labute approximate surface area is 213 Å². The molecule has 1 N–H and O–H groups in total. The number of hydrogen-bond acceptors (Lipinski definition) is 6. The predicted molar refractivity (Wildman–Crippen MR) is 143 cm³/mol. The summed E-state index contributed by atoms with van der Waals surface area (Å²) < 4.78 is 11.9. The van der Waals surface area contributed by atoms with Crippen molar-refractivity contribution in [3.05, 3.63) is 58.7 Å². The van der Waals surface area contributed by atoms with Crippen LogP contribution in [0.4, 0.5) is 0 Å². The molecule has 184 valence electrons. The Morgan fingerprint density at radius 3 is 2.58 bits per heavy atom. The first kappa shape index (κ1) is 24.7. The van der Waals surface area contributed by atoms with E-state index in [0.717, 1.165) is 37.4 Å². The molecule has 2 aromatic carbocycles. The first-order valence-electron chi connectivity index (χ1n) is 12.7. The highest BCUT2D eigenvalue weighted by atomic mass is 16.5. The van der Waals surface area contributed by atoms with E-state index in [9.17, 15) is 14.4 Å². The largest absolute Gasteiger partial charge is 0.495 e. The maximum atomic E-state index is 13.1. The van der Waals surface area contributed by atoms with E-state index < -0.39 is 11.9 Å². The van der Waals surface area contributed by atoms with Gasteiger partial charge in [-0.15, -0.1) is 0 Å². The number of carbonyl (C=O) groups is 3. The average Bonchev–Trinajstić information content (AvgIpc) is 3.21. The third-order valence-corrected chi connectivity index (χ3v) is 7.65. The van der Waals surface area contributed by atoms with E-state index >= 15 is 0 Å². The quantitative estimate of drug-likeness (QED) is 0.392. The fourth-order valence-corrected chi connectivity index (χ4v) is 5.51. The molecule has 3 amide bonds. The SMILES string of the molecule is Bc1cc(C(B)Oc2cccc3c2CN(C2CCC(=O)NC2=O)C3=O)ccc1C(B)N1CCOCC1. The number of nitrogens with zero attached hydrogens (tertiary/aromatic N) is 2. The van der Waals surface area contributed by atoms with E-state index in [1.165, 1.54) is 11.0 Å². The van der Waals surface area contributed by atoms with Gasteiger partial charge in [0.15, 0.2) is 7.85 Å². The first-order valence-corrected chi connectivity index (χ1v) is 12.7. The van der Waals surface area contributed by atoms with Crippen LogP contribution in [0.5, 0.6) is 5.75 Å². The van der Waals surface area contributed by atoms with Crippen LogP contribution in [0.2, 0.25) is 0 Å². The Kier molecular flexibility index (Phi) is 6.95. The summed E-state index contributed by atoms with van der Waals surface area (Å²) in [6.45, 7) is 3.72. The van der Waals surface area contributed by atoms with Gasteiger partial charge in [-0.2, -0.15) is 0 Å². The molecule has 3 aliphatic rings. The van der Waals surface area contributed by atoms with Crippen molar-refractivity contribution in [2.24, 2.45) is 0 Å². The third kappa shape index (κ3) is 4.69. The van der Waals surface area contributed by atoms with E-state index in [0.29, 0.717) is 30.2 Å². The molecular formula is C25H30B3N3O5. The Morgan fingerprint density at radius 2 is 1.86 bits per heavy atom. The van der Waals surface area contributed by atoms with Crippen molar-refractivity contribution in [1.29, 1.82) is 0 Å². The molecule has 36 heavy (non-hydrogen) atoms. The van der Waals surface area contributed by atoms with E-state index in [1.54, 1.807) is 11.0 Å². The second-order valence-corrected chi connectivity index (χ2v) is 9.88. The summed E-state index contributed by atoms with van der Waals surface area (Å²) >= 11 is 0. The van der Waals surface area contributed by atoms with Gasteiger partial charge in [0.1, 0.15) is 27.5 Å². The number of rotatable bonds is 6. The summed E-state index contributed by atoms with van der Waals surface area (Å²) in [5.41, 5.74) is 4.93. The van der Waals surface area contributed by atoms with Gasteiger partial charge in [-0.25, -0.2) is 0 Å². The van der Waals surface area contributed by atoms with Crippen LogP contribution in [0.15, 0.2) is 36.4 Å². The number of ether oxygens (including phenoxy) is 2.